The molecule has 0 radical (unpaired) electrons. The van der Waals surface area contributed by atoms with Gasteiger partial charge in [0.15, 0.2) is 18.2 Å². The van der Waals surface area contributed by atoms with Crippen LogP contribution < -0.4 is 10.4 Å². The van der Waals surface area contributed by atoms with E-state index >= 15 is 0 Å². The van der Waals surface area contributed by atoms with Gasteiger partial charge in [0, 0.05) is 0 Å². The Bertz CT molecular complexity index is 1760. The first-order valence-corrected chi connectivity index (χ1v) is 21.1. The molecule has 0 unspecified atom stereocenters. The largest absolute Gasteiger partial charge is 0.493 e. The van der Waals surface area contributed by atoms with Gasteiger partial charge in [-0.25, -0.2) is 0 Å². The fourth-order valence-corrected chi connectivity index (χ4v) is 12.5. The van der Waals surface area contributed by atoms with Crippen molar-refractivity contribution in [3.8, 4) is 0 Å². The van der Waals surface area contributed by atoms with Crippen LogP contribution in [0.15, 0.2) is 134 Å². The van der Waals surface area contributed by atoms with Gasteiger partial charge in [0.05, 0.1) is 32.7 Å². The zero-order valence-electron chi connectivity index (χ0n) is 32.4. The SMILES string of the molecule is CC1(C)OC[C@H]([C@H]2O[C@@H](OC[C@H]3OC=C[C@@H](OCc4ccccc4)[C@@H]3OCc3ccccc3)[C@H](O)[C@H]2O[Si](c2ccccc2)(c2ccccc2)C(C)(C)C)O1. The first kappa shape index (κ1) is 39.5. The summed E-state index contributed by atoms with van der Waals surface area (Å²) in [7, 11) is -3.13. The Hall–Kier alpha value is -3.68. The van der Waals surface area contributed by atoms with E-state index in [9.17, 15) is 5.11 Å². The van der Waals surface area contributed by atoms with Crippen LogP contribution in [0.1, 0.15) is 45.7 Å². The highest BCUT2D eigenvalue weighted by atomic mass is 28.4. The van der Waals surface area contributed by atoms with Crippen LogP contribution in [0.2, 0.25) is 5.04 Å². The second-order valence-corrected chi connectivity index (χ2v) is 20.2. The van der Waals surface area contributed by atoms with Crippen molar-refractivity contribution in [1.82, 2.24) is 0 Å². The maximum Gasteiger partial charge on any atom is 0.261 e. The molecule has 0 aliphatic carbocycles. The molecule has 2 saturated heterocycles. The minimum atomic E-state index is -3.13. The average molecular weight is 767 g/mol. The summed E-state index contributed by atoms with van der Waals surface area (Å²) in [6.07, 6.45) is -2.19. The maximum absolute atomic E-state index is 12.3. The number of ether oxygens (including phenoxy) is 7. The molecular formula is C45H54O9Si. The van der Waals surface area contributed by atoms with E-state index < -0.39 is 63.1 Å². The van der Waals surface area contributed by atoms with E-state index in [2.05, 4.69) is 45.0 Å². The van der Waals surface area contributed by atoms with Gasteiger partial charge in [-0.15, -0.1) is 0 Å². The number of rotatable bonds is 14. The number of aliphatic hydroxyl groups excluding tert-OH is 1. The van der Waals surface area contributed by atoms with Gasteiger partial charge in [0.25, 0.3) is 8.32 Å². The number of hydrogen-bond acceptors (Lipinski definition) is 9. The van der Waals surface area contributed by atoms with E-state index in [1.807, 2.05) is 117 Å². The molecule has 9 nitrogen and oxygen atoms in total. The van der Waals surface area contributed by atoms with Crippen LogP contribution in [0, 0.1) is 0 Å². The van der Waals surface area contributed by atoms with Gasteiger partial charge < -0.3 is 42.7 Å². The zero-order valence-corrected chi connectivity index (χ0v) is 33.4. The number of hydrogen-bond donors (Lipinski definition) is 1. The summed E-state index contributed by atoms with van der Waals surface area (Å²) in [6, 6.07) is 40.8. The topological polar surface area (TPSA) is 94.1 Å². The Morgan fingerprint density at radius 1 is 0.727 bits per heavy atom. The van der Waals surface area contributed by atoms with E-state index in [-0.39, 0.29) is 18.3 Å². The third-order valence-corrected chi connectivity index (χ3v) is 15.6. The zero-order chi connectivity index (χ0) is 38.5. The molecule has 8 atom stereocenters. The predicted octanol–water partition coefficient (Wildman–Crippen LogP) is 6.27. The quantitative estimate of drug-likeness (QED) is 0.149. The average Bonchev–Trinajstić information content (AvgIpc) is 3.72. The van der Waals surface area contributed by atoms with Crippen molar-refractivity contribution >= 4 is 18.7 Å². The summed E-state index contributed by atoms with van der Waals surface area (Å²) in [5.41, 5.74) is 2.08. The molecule has 7 rings (SSSR count). The molecule has 4 aromatic carbocycles. The molecule has 3 aliphatic heterocycles. The number of benzene rings is 4. The molecular weight excluding hydrogens is 713 g/mol. The van der Waals surface area contributed by atoms with Crippen molar-refractivity contribution in [3.63, 3.8) is 0 Å². The van der Waals surface area contributed by atoms with Crippen LogP contribution in [-0.4, -0.2) is 81.4 Å². The Morgan fingerprint density at radius 3 is 1.80 bits per heavy atom. The first-order valence-electron chi connectivity index (χ1n) is 19.2. The highest BCUT2D eigenvalue weighted by Crippen LogP contribution is 2.42. The van der Waals surface area contributed by atoms with Crippen LogP contribution in [0.4, 0.5) is 0 Å². The Balaban J connectivity index is 1.15. The third-order valence-electron chi connectivity index (χ3n) is 10.6. The molecule has 0 amide bonds. The molecule has 3 aliphatic rings. The van der Waals surface area contributed by atoms with Crippen molar-refractivity contribution in [2.45, 2.75) is 108 Å². The van der Waals surface area contributed by atoms with Crippen LogP contribution in [0.25, 0.3) is 0 Å². The molecule has 0 spiro atoms. The van der Waals surface area contributed by atoms with Gasteiger partial charge in [-0.3, -0.25) is 0 Å². The van der Waals surface area contributed by atoms with Crippen molar-refractivity contribution < 1.29 is 42.7 Å². The molecule has 1 N–H and O–H groups in total. The third kappa shape index (κ3) is 8.99. The number of aliphatic hydroxyl groups is 1. The van der Waals surface area contributed by atoms with E-state index in [1.165, 1.54) is 0 Å². The van der Waals surface area contributed by atoms with Crippen molar-refractivity contribution in [1.29, 1.82) is 0 Å². The summed E-state index contributed by atoms with van der Waals surface area (Å²) in [5.74, 6) is -0.819. The summed E-state index contributed by atoms with van der Waals surface area (Å²) >= 11 is 0. The molecule has 0 bridgehead atoms. The van der Waals surface area contributed by atoms with Crippen molar-refractivity contribution in [2.24, 2.45) is 0 Å². The molecule has 2 fully saturated rings. The lowest BCUT2D eigenvalue weighted by atomic mass is 10.1. The minimum absolute atomic E-state index is 0.0584. The van der Waals surface area contributed by atoms with Crippen molar-refractivity contribution in [3.05, 3.63) is 145 Å². The van der Waals surface area contributed by atoms with Crippen molar-refractivity contribution in [2.75, 3.05) is 13.2 Å². The van der Waals surface area contributed by atoms with Gasteiger partial charge >= 0.3 is 0 Å². The lowest BCUT2D eigenvalue weighted by molar-refractivity contribution is -0.214. The second-order valence-electron chi connectivity index (χ2n) is 15.9. The summed E-state index contributed by atoms with van der Waals surface area (Å²) in [5, 5.41) is 14.1. The normalized spacial score (nSPS) is 27.9. The summed E-state index contributed by atoms with van der Waals surface area (Å²) in [6.45, 7) is 11.5. The molecule has 3 heterocycles. The minimum Gasteiger partial charge on any atom is -0.493 e. The van der Waals surface area contributed by atoms with E-state index in [4.69, 9.17) is 37.6 Å². The Kier molecular flexibility index (Phi) is 12.4. The van der Waals surface area contributed by atoms with E-state index in [0.29, 0.717) is 13.2 Å². The fraction of sp³-hybridized carbons (Fsp3) is 0.422. The lowest BCUT2D eigenvalue weighted by Gasteiger charge is -2.46. The molecule has 0 saturated carbocycles. The van der Waals surface area contributed by atoms with Crippen LogP contribution in [0.5, 0.6) is 0 Å². The first-order chi connectivity index (χ1) is 26.5. The predicted molar refractivity (Wildman–Crippen MR) is 212 cm³/mol. The molecule has 4 aromatic rings. The fourth-order valence-electron chi connectivity index (χ4n) is 7.84. The van der Waals surface area contributed by atoms with E-state index in [1.54, 1.807) is 6.26 Å². The monoisotopic (exact) mass is 766 g/mol. The summed E-state index contributed by atoms with van der Waals surface area (Å²) in [4.78, 5) is 0. The van der Waals surface area contributed by atoms with E-state index in [0.717, 1.165) is 21.5 Å². The summed E-state index contributed by atoms with van der Waals surface area (Å²) < 4.78 is 52.2. The molecule has 0 aromatic heterocycles. The standard InChI is InChI=1S/C45H54O9Si/c1-44(2,3)55(34-22-14-8-15-23-34,35-24-16-9-17-25-35)54-42-39(46)43(52-41(42)38-31-51-45(4,5)53-38)50-30-37-40(49-29-33-20-12-7-13-21-33)36(26-27-47-37)48-28-32-18-10-6-11-19-32/h6-27,36-43,46H,28-31H2,1-5H3/t36-,37-,38-,39-,40+,41-,42-,43-/m1/s1. The smallest absolute Gasteiger partial charge is 0.261 e. The van der Waals surface area contributed by atoms with Gasteiger partial charge in [-0.1, -0.05) is 142 Å². The second kappa shape index (κ2) is 17.2. The van der Waals surface area contributed by atoms with Gasteiger partial charge in [-0.05, 0) is 46.5 Å². The van der Waals surface area contributed by atoms with Gasteiger partial charge in [0.1, 0.15) is 36.6 Å². The highest BCUT2D eigenvalue weighted by Gasteiger charge is 2.59. The molecule has 55 heavy (non-hydrogen) atoms. The van der Waals surface area contributed by atoms with Gasteiger partial charge in [0.2, 0.25) is 0 Å². The Labute approximate surface area is 326 Å². The van der Waals surface area contributed by atoms with Crippen LogP contribution >= 0.6 is 0 Å². The molecule has 292 valence electrons. The highest BCUT2D eigenvalue weighted by molar-refractivity contribution is 6.99. The Morgan fingerprint density at radius 2 is 1.27 bits per heavy atom. The van der Waals surface area contributed by atoms with Gasteiger partial charge in [-0.2, -0.15) is 0 Å². The van der Waals surface area contributed by atoms with Crippen LogP contribution in [-0.2, 0) is 50.8 Å². The lowest BCUT2D eigenvalue weighted by Crippen LogP contribution is -2.69. The maximum atomic E-state index is 12.3. The van der Waals surface area contributed by atoms with Crippen LogP contribution in [0.3, 0.4) is 0 Å². The molecule has 10 heteroatoms.